The summed E-state index contributed by atoms with van der Waals surface area (Å²) >= 11 is 5.53. The van der Waals surface area contributed by atoms with E-state index >= 15 is 0 Å². The highest BCUT2D eigenvalue weighted by Gasteiger charge is 2.00. The van der Waals surface area contributed by atoms with E-state index in [-0.39, 0.29) is 24.1 Å². The number of halogens is 2. The number of carbonyl (C=O) groups is 1. The van der Waals surface area contributed by atoms with Gasteiger partial charge < -0.3 is 4.74 Å². The summed E-state index contributed by atoms with van der Waals surface area (Å²) in [6, 6.07) is 4.75. The first-order valence-corrected chi connectivity index (χ1v) is 5.28. The lowest BCUT2D eigenvalue weighted by Crippen LogP contribution is -1.96. The number of alkyl halides is 1. The first-order chi connectivity index (χ1) is 7.67. The topological polar surface area (TPSA) is 26.3 Å². The molecule has 86 valence electrons. The molecule has 0 heterocycles. The van der Waals surface area contributed by atoms with Crippen molar-refractivity contribution in [1.82, 2.24) is 0 Å². The Morgan fingerprint density at radius 3 is 2.88 bits per heavy atom. The zero-order valence-corrected chi connectivity index (χ0v) is 9.63. The SMILES string of the molecule is COC(=O)CC=Cc1ccc(CCl)c(F)c1. The van der Waals surface area contributed by atoms with Crippen LogP contribution in [0.2, 0.25) is 0 Å². The molecule has 1 rings (SSSR count). The highest BCUT2D eigenvalue weighted by Crippen LogP contribution is 2.13. The van der Waals surface area contributed by atoms with Gasteiger partial charge in [0.05, 0.1) is 19.4 Å². The summed E-state index contributed by atoms with van der Waals surface area (Å²) in [5.41, 5.74) is 1.15. The molecule has 0 aliphatic heterocycles. The second-order valence-electron chi connectivity index (χ2n) is 3.17. The van der Waals surface area contributed by atoms with Crippen molar-refractivity contribution in [3.63, 3.8) is 0 Å². The fourth-order valence-electron chi connectivity index (χ4n) is 1.15. The van der Waals surface area contributed by atoms with E-state index in [2.05, 4.69) is 4.74 Å². The van der Waals surface area contributed by atoms with E-state index < -0.39 is 0 Å². The Morgan fingerprint density at radius 2 is 2.31 bits per heavy atom. The molecule has 0 saturated heterocycles. The maximum absolute atomic E-state index is 13.3. The van der Waals surface area contributed by atoms with Crippen molar-refractivity contribution in [2.75, 3.05) is 7.11 Å². The van der Waals surface area contributed by atoms with Gasteiger partial charge in [0.2, 0.25) is 0 Å². The first-order valence-electron chi connectivity index (χ1n) is 4.75. The largest absolute Gasteiger partial charge is 0.469 e. The Hall–Kier alpha value is -1.35. The molecular formula is C12H12ClFO2. The molecule has 4 heteroatoms. The molecule has 0 N–H and O–H groups in total. The molecule has 1 aromatic rings. The Morgan fingerprint density at radius 1 is 1.56 bits per heavy atom. The minimum Gasteiger partial charge on any atom is -0.469 e. The van der Waals surface area contributed by atoms with Crippen LogP contribution in [0.1, 0.15) is 17.5 Å². The predicted molar refractivity (Wildman–Crippen MR) is 61.6 cm³/mol. The maximum atomic E-state index is 13.3. The number of hydrogen-bond acceptors (Lipinski definition) is 2. The molecular weight excluding hydrogens is 231 g/mol. The highest BCUT2D eigenvalue weighted by atomic mass is 35.5. The lowest BCUT2D eigenvalue weighted by Gasteiger charge is -1.99. The quantitative estimate of drug-likeness (QED) is 0.599. The third kappa shape index (κ3) is 3.66. The number of hydrogen-bond donors (Lipinski definition) is 0. The summed E-state index contributed by atoms with van der Waals surface area (Å²) < 4.78 is 17.8. The van der Waals surface area contributed by atoms with Crippen molar-refractivity contribution in [3.05, 3.63) is 41.2 Å². The highest BCUT2D eigenvalue weighted by molar-refractivity contribution is 6.17. The van der Waals surface area contributed by atoms with Crippen molar-refractivity contribution in [2.24, 2.45) is 0 Å². The molecule has 0 unspecified atom stereocenters. The lowest BCUT2D eigenvalue weighted by atomic mass is 10.1. The molecule has 0 saturated carbocycles. The summed E-state index contributed by atoms with van der Waals surface area (Å²) in [6.07, 6.45) is 3.47. The molecule has 0 radical (unpaired) electrons. The number of esters is 1. The summed E-state index contributed by atoms with van der Waals surface area (Å²) in [6.45, 7) is 0. The Kier molecular flexibility index (Phi) is 4.99. The van der Waals surface area contributed by atoms with Crippen LogP contribution in [-0.2, 0) is 15.4 Å². The monoisotopic (exact) mass is 242 g/mol. The second-order valence-corrected chi connectivity index (χ2v) is 3.43. The molecule has 2 nitrogen and oxygen atoms in total. The average molecular weight is 243 g/mol. The first kappa shape index (κ1) is 12.7. The van der Waals surface area contributed by atoms with Crippen LogP contribution >= 0.6 is 11.6 Å². The fraction of sp³-hybridized carbons (Fsp3) is 0.250. The number of ether oxygens (including phenoxy) is 1. The molecule has 0 fully saturated rings. The van der Waals surface area contributed by atoms with Gasteiger partial charge in [0.15, 0.2) is 0 Å². The van der Waals surface area contributed by atoms with Crippen LogP contribution in [0.25, 0.3) is 6.08 Å². The lowest BCUT2D eigenvalue weighted by molar-refractivity contribution is -0.139. The van der Waals surface area contributed by atoms with E-state index in [1.807, 2.05) is 0 Å². The van der Waals surface area contributed by atoms with E-state index in [9.17, 15) is 9.18 Å². The smallest absolute Gasteiger partial charge is 0.309 e. The third-order valence-electron chi connectivity index (χ3n) is 2.04. The van der Waals surface area contributed by atoms with E-state index in [4.69, 9.17) is 11.6 Å². The molecule has 0 amide bonds. The molecule has 0 aliphatic carbocycles. The minimum atomic E-state index is -0.338. The van der Waals surface area contributed by atoms with Crippen LogP contribution in [0.4, 0.5) is 4.39 Å². The van der Waals surface area contributed by atoms with E-state index in [0.717, 1.165) is 0 Å². The molecule has 0 aromatic heterocycles. The van der Waals surface area contributed by atoms with Crippen LogP contribution in [0.3, 0.4) is 0 Å². The van der Waals surface area contributed by atoms with Crippen LogP contribution in [0.5, 0.6) is 0 Å². The standard InChI is InChI=1S/C12H12ClFO2/c1-16-12(15)4-2-3-9-5-6-10(8-13)11(14)7-9/h2-3,5-7H,4,8H2,1H3. The van der Waals surface area contributed by atoms with Gasteiger partial charge in [0.25, 0.3) is 0 Å². The van der Waals surface area contributed by atoms with E-state index in [1.54, 1.807) is 24.3 Å². The van der Waals surface area contributed by atoms with Gasteiger partial charge in [-0.1, -0.05) is 24.3 Å². The van der Waals surface area contributed by atoms with Crippen LogP contribution in [0.15, 0.2) is 24.3 Å². The van der Waals surface area contributed by atoms with Gasteiger partial charge >= 0.3 is 5.97 Å². The third-order valence-corrected chi connectivity index (χ3v) is 2.33. The Labute approximate surface area is 98.7 Å². The molecule has 0 atom stereocenters. The van der Waals surface area contributed by atoms with Gasteiger partial charge in [-0.3, -0.25) is 4.79 Å². The number of rotatable bonds is 4. The molecule has 1 aromatic carbocycles. The van der Waals surface area contributed by atoms with Gasteiger partial charge in [0.1, 0.15) is 5.82 Å². The maximum Gasteiger partial charge on any atom is 0.309 e. The molecule has 0 bridgehead atoms. The van der Waals surface area contributed by atoms with Crippen LogP contribution in [0, 0.1) is 5.82 Å². The van der Waals surface area contributed by atoms with E-state index in [1.165, 1.54) is 13.2 Å². The van der Waals surface area contributed by atoms with Gasteiger partial charge in [-0.2, -0.15) is 0 Å². The summed E-state index contributed by atoms with van der Waals surface area (Å²) in [5.74, 6) is -0.512. The molecule has 0 aliphatic rings. The predicted octanol–water partition coefficient (Wildman–Crippen LogP) is 3.14. The summed E-state index contributed by atoms with van der Waals surface area (Å²) in [5, 5.41) is 0. The van der Waals surface area contributed by atoms with Gasteiger partial charge in [-0.15, -0.1) is 11.6 Å². The van der Waals surface area contributed by atoms with Crippen LogP contribution < -0.4 is 0 Å². The normalized spacial score (nSPS) is 10.7. The van der Waals surface area contributed by atoms with Gasteiger partial charge in [-0.25, -0.2) is 4.39 Å². The number of carbonyl (C=O) groups excluding carboxylic acids is 1. The Balaban J connectivity index is 2.68. The molecule has 16 heavy (non-hydrogen) atoms. The average Bonchev–Trinajstić information content (AvgIpc) is 2.29. The van der Waals surface area contributed by atoms with Gasteiger partial charge in [-0.05, 0) is 11.6 Å². The van der Waals surface area contributed by atoms with Gasteiger partial charge in [0, 0.05) is 5.56 Å². The number of methoxy groups -OCH3 is 1. The zero-order valence-electron chi connectivity index (χ0n) is 8.87. The zero-order chi connectivity index (χ0) is 12.0. The van der Waals surface area contributed by atoms with Crippen LogP contribution in [-0.4, -0.2) is 13.1 Å². The Bertz CT molecular complexity index is 402. The number of benzene rings is 1. The van der Waals surface area contributed by atoms with Crippen molar-refractivity contribution in [3.8, 4) is 0 Å². The van der Waals surface area contributed by atoms with Crippen molar-refractivity contribution in [1.29, 1.82) is 0 Å². The summed E-state index contributed by atoms with van der Waals surface area (Å²) in [7, 11) is 1.32. The van der Waals surface area contributed by atoms with E-state index in [0.29, 0.717) is 11.1 Å². The van der Waals surface area contributed by atoms with Crippen molar-refractivity contribution in [2.45, 2.75) is 12.3 Å². The second kappa shape index (κ2) is 6.28. The fourth-order valence-corrected chi connectivity index (χ4v) is 1.37. The molecule has 0 spiro atoms. The minimum absolute atomic E-state index is 0.151. The summed E-state index contributed by atoms with van der Waals surface area (Å²) in [4.78, 5) is 10.8. The van der Waals surface area contributed by atoms with Crippen molar-refractivity contribution < 1.29 is 13.9 Å². The van der Waals surface area contributed by atoms with Crippen molar-refractivity contribution >= 4 is 23.6 Å².